The molecule has 0 spiro atoms. The molecule has 2 N–H and O–H groups in total. The molecule has 0 fully saturated rings. The molecular formula is C24H23ClN2O4S. The van der Waals surface area contributed by atoms with E-state index in [0.717, 1.165) is 10.5 Å². The van der Waals surface area contributed by atoms with E-state index in [1.54, 1.807) is 30.3 Å². The van der Waals surface area contributed by atoms with Crippen molar-refractivity contribution in [2.24, 2.45) is 0 Å². The normalized spacial score (nSPS) is 10.3. The van der Waals surface area contributed by atoms with Crippen LogP contribution in [0.3, 0.4) is 0 Å². The number of methoxy groups -OCH3 is 1. The molecule has 3 rings (SSSR count). The summed E-state index contributed by atoms with van der Waals surface area (Å²) in [5.74, 6) is 0.880. The lowest BCUT2D eigenvalue weighted by atomic mass is 10.2. The van der Waals surface area contributed by atoms with Crippen molar-refractivity contribution in [2.45, 2.75) is 11.8 Å². The third-order valence-electron chi connectivity index (χ3n) is 4.36. The van der Waals surface area contributed by atoms with Crippen molar-refractivity contribution >= 4 is 46.6 Å². The second kappa shape index (κ2) is 11.5. The van der Waals surface area contributed by atoms with Crippen LogP contribution in [-0.2, 0) is 9.59 Å². The van der Waals surface area contributed by atoms with Gasteiger partial charge in [-0.3, -0.25) is 9.59 Å². The van der Waals surface area contributed by atoms with Crippen molar-refractivity contribution in [1.29, 1.82) is 0 Å². The van der Waals surface area contributed by atoms with Crippen LogP contribution < -0.4 is 20.1 Å². The first kappa shape index (κ1) is 23.5. The zero-order valence-electron chi connectivity index (χ0n) is 17.7. The third-order valence-corrected chi connectivity index (χ3v) is 5.76. The maximum absolute atomic E-state index is 12.4. The van der Waals surface area contributed by atoms with Gasteiger partial charge in [-0.25, -0.2) is 0 Å². The molecule has 0 aliphatic carbocycles. The smallest absolute Gasteiger partial charge is 0.262 e. The number of para-hydroxylation sites is 1. The number of hydrogen-bond acceptors (Lipinski definition) is 5. The highest BCUT2D eigenvalue weighted by molar-refractivity contribution is 8.00. The second-order valence-corrected chi connectivity index (χ2v) is 8.27. The number of ether oxygens (including phenoxy) is 2. The van der Waals surface area contributed by atoms with Gasteiger partial charge in [0.2, 0.25) is 5.91 Å². The summed E-state index contributed by atoms with van der Waals surface area (Å²) in [5, 5.41) is 6.22. The molecule has 0 aliphatic heterocycles. The molecule has 166 valence electrons. The maximum atomic E-state index is 12.4. The Balaban J connectivity index is 1.52. The fraction of sp³-hybridized carbons (Fsp3) is 0.167. The number of nitrogens with one attached hydrogen (secondary N) is 2. The van der Waals surface area contributed by atoms with Crippen LogP contribution >= 0.6 is 23.4 Å². The summed E-state index contributed by atoms with van der Waals surface area (Å²) in [5.41, 5.74) is 2.04. The lowest BCUT2D eigenvalue weighted by molar-refractivity contribution is -0.118. The Labute approximate surface area is 196 Å². The number of carbonyl (C=O) groups is 2. The Kier molecular flexibility index (Phi) is 8.41. The van der Waals surface area contributed by atoms with Crippen LogP contribution in [0.2, 0.25) is 5.02 Å². The minimum Gasteiger partial charge on any atom is -0.495 e. The summed E-state index contributed by atoms with van der Waals surface area (Å²) in [6.45, 7) is 1.77. The molecule has 2 amide bonds. The Morgan fingerprint density at radius 1 is 0.969 bits per heavy atom. The standard InChI is InChI=1S/C24H23ClN2O4S/c1-16-11-21(22(30-2)13-20(16)25)27-24(29)15-32-19-10-6-7-17(12-19)26-23(28)14-31-18-8-4-3-5-9-18/h3-13H,14-15H2,1-2H3,(H,26,28)(H,27,29). The van der Waals surface area contributed by atoms with Crippen LogP contribution in [0.5, 0.6) is 11.5 Å². The number of amides is 2. The van der Waals surface area contributed by atoms with Gasteiger partial charge < -0.3 is 20.1 Å². The van der Waals surface area contributed by atoms with E-state index in [1.807, 2.05) is 43.3 Å². The number of hydrogen-bond donors (Lipinski definition) is 2. The van der Waals surface area contributed by atoms with Gasteiger partial charge in [0.1, 0.15) is 11.5 Å². The molecule has 0 atom stereocenters. The van der Waals surface area contributed by atoms with Crippen molar-refractivity contribution < 1.29 is 19.1 Å². The number of thioether (sulfide) groups is 1. The van der Waals surface area contributed by atoms with Crippen molar-refractivity contribution in [3.63, 3.8) is 0 Å². The molecule has 0 aromatic heterocycles. The van der Waals surface area contributed by atoms with Crippen LogP contribution in [0.1, 0.15) is 5.56 Å². The van der Waals surface area contributed by atoms with Gasteiger partial charge in [-0.1, -0.05) is 35.9 Å². The molecule has 0 aliphatic rings. The highest BCUT2D eigenvalue weighted by atomic mass is 35.5. The van der Waals surface area contributed by atoms with Gasteiger partial charge in [0, 0.05) is 21.7 Å². The summed E-state index contributed by atoms with van der Waals surface area (Å²) in [4.78, 5) is 25.4. The third kappa shape index (κ3) is 6.93. The zero-order chi connectivity index (χ0) is 22.9. The van der Waals surface area contributed by atoms with Gasteiger partial charge in [0.15, 0.2) is 6.61 Å². The van der Waals surface area contributed by atoms with E-state index < -0.39 is 0 Å². The van der Waals surface area contributed by atoms with Crippen molar-refractivity contribution in [3.8, 4) is 11.5 Å². The quantitative estimate of drug-likeness (QED) is 0.409. The first-order chi connectivity index (χ1) is 15.4. The van der Waals surface area contributed by atoms with Gasteiger partial charge in [0.05, 0.1) is 18.6 Å². The summed E-state index contributed by atoms with van der Waals surface area (Å²) in [6.07, 6.45) is 0. The number of anilines is 2. The van der Waals surface area contributed by atoms with Crippen LogP contribution in [0.25, 0.3) is 0 Å². The fourth-order valence-electron chi connectivity index (χ4n) is 2.79. The SMILES string of the molecule is COc1cc(Cl)c(C)cc1NC(=O)CSc1cccc(NC(=O)COc2ccccc2)c1. The van der Waals surface area contributed by atoms with Gasteiger partial charge >= 0.3 is 0 Å². The predicted molar refractivity (Wildman–Crippen MR) is 129 cm³/mol. The topological polar surface area (TPSA) is 76.7 Å². The van der Waals surface area contributed by atoms with Crippen molar-refractivity contribution in [2.75, 3.05) is 30.1 Å². The number of rotatable bonds is 9. The molecule has 3 aromatic carbocycles. The molecule has 3 aromatic rings. The minimum atomic E-state index is -0.265. The molecule has 0 saturated carbocycles. The predicted octanol–water partition coefficient (Wildman–Crippen LogP) is 5.41. The molecule has 0 radical (unpaired) electrons. The van der Waals surface area contributed by atoms with Crippen molar-refractivity contribution in [1.82, 2.24) is 0 Å². The lowest BCUT2D eigenvalue weighted by Crippen LogP contribution is -2.20. The number of aryl methyl sites for hydroxylation is 1. The number of carbonyl (C=O) groups excluding carboxylic acids is 2. The molecule has 0 heterocycles. The van der Waals surface area contributed by atoms with Gasteiger partial charge in [-0.2, -0.15) is 0 Å². The second-order valence-electron chi connectivity index (χ2n) is 6.82. The molecule has 0 bridgehead atoms. The molecule has 6 nitrogen and oxygen atoms in total. The van der Waals surface area contributed by atoms with E-state index in [9.17, 15) is 9.59 Å². The largest absolute Gasteiger partial charge is 0.495 e. The minimum absolute atomic E-state index is 0.0911. The first-order valence-corrected chi connectivity index (χ1v) is 11.2. The summed E-state index contributed by atoms with van der Waals surface area (Å²) < 4.78 is 10.7. The monoisotopic (exact) mass is 470 g/mol. The number of benzene rings is 3. The molecule has 32 heavy (non-hydrogen) atoms. The van der Waals surface area contributed by atoms with Gasteiger partial charge in [-0.15, -0.1) is 11.8 Å². The van der Waals surface area contributed by atoms with Crippen LogP contribution in [-0.4, -0.2) is 31.3 Å². The number of halogens is 1. The van der Waals surface area contributed by atoms with E-state index in [-0.39, 0.29) is 24.2 Å². The van der Waals surface area contributed by atoms with Gasteiger partial charge in [0.25, 0.3) is 5.91 Å². The van der Waals surface area contributed by atoms with Gasteiger partial charge in [-0.05, 0) is 48.9 Å². The Morgan fingerprint density at radius 2 is 1.75 bits per heavy atom. The molecule has 0 saturated heterocycles. The fourth-order valence-corrected chi connectivity index (χ4v) is 3.70. The highest BCUT2D eigenvalue weighted by Gasteiger charge is 2.11. The van der Waals surface area contributed by atoms with Crippen molar-refractivity contribution in [3.05, 3.63) is 77.3 Å². The van der Waals surface area contributed by atoms with E-state index in [0.29, 0.717) is 27.9 Å². The maximum Gasteiger partial charge on any atom is 0.262 e. The Bertz CT molecular complexity index is 1090. The van der Waals surface area contributed by atoms with Crippen LogP contribution in [0, 0.1) is 6.92 Å². The van der Waals surface area contributed by atoms with E-state index in [2.05, 4.69) is 10.6 Å². The van der Waals surface area contributed by atoms with Crippen LogP contribution in [0.15, 0.2) is 71.6 Å². The first-order valence-electron chi connectivity index (χ1n) is 9.79. The van der Waals surface area contributed by atoms with E-state index >= 15 is 0 Å². The summed E-state index contributed by atoms with van der Waals surface area (Å²) >= 11 is 7.47. The Hall–Kier alpha value is -3.16. The summed E-state index contributed by atoms with van der Waals surface area (Å²) in [6, 6.07) is 19.9. The van der Waals surface area contributed by atoms with E-state index in [4.69, 9.17) is 21.1 Å². The zero-order valence-corrected chi connectivity index (χ0v) is 19.3. The lowest BCUT2D eigenvalue weighted by Gasteiger charge is -2.12. The average Bonchev–Trinajstić information content (AvgIpc) is 2.79. The molecular weight excluding hydrogens is 448 g/mol. The Morgan fingerprint density at radius 3 is 2.50 bits per heavy atom. The molecule has 0 unspecified atom stereocenters. The van der Waals surface area contributed by atoms with Crippen LogP contribution in [0.4, 0.5) is 11.4 Å². The van der Waals surface area contributed by atoms with E-state index in [1.165, 1.54) is 18.9 Å². The molecule has 8 heteroatoms. The average molecular weight is 471 g/mol. The summed E-state index contributed by atoms with van der Waals surface area (Å²) in [7, 11) is 1.52. The highest BCUT2D eigenvalue weighted by Crippen LogP contribution is 2.31.